The van der Waals surface area contributed by atoms with Gasteiger partial charge in [-0.2, -0.15) is 5.10 Å². The molecule has 24 heavy (non-hydrogen) atoms. The van der Waals surface area contributed by atoms with Gasteiger partial charge in [0.05, 0.1) is 23.5 Å². The fourth-order valence-corrected chi connectivity index (χ4v) is 2.59. The van der Waals surface area contributed by atoms with Gasteiger partial charge in [0, 0.05) is 5.56 Å². The van der Waals surface area contributed by atoms with Crippen molar-refractivity contribution in [3.8, 4) is 11.3 Å². The van der Waals surface area contributed by atoms with Crippen LogP contribution in [0, 0.1) is 12.7 Å². The first kappa shape index (κ1) is 15.9. The molecule has 2 aromatic carbocycles. The minimum atomic E-state index is -0.297. The summed E-state index contributed by atoms with van der Waals surface area (Å²) >= 11 is 0. The SMILES string of the molecule is Cc1cccc(-c2[nH]ncc2C(=O)NC(C)c2ccc(F)cc2)c1. The third-order valence-corrected chi connectivity index (χ3v) is 3.91. The highest BCUT2D eigenvalue weighted by molar-refractivity contribution is 5.99. The average molecular weight is 323 g/mol. The van der Waals surface area contributed by atoms with Crippen molar-refractivity contribution in [2.75, 3.05) is 0 Å². The normalized spacial score (nSPS) is 12.0. The molecule has 1 heterocycles. The van der Waals surface area contributed by atoms with Crippen LogP contribution in [-0.2, 0) is 0 Å². The predicted octanol–water partition coefficient (Wildman–Crippen LogP) is 4.02. The van der Waals surface area contributed by atoms with Crippen LogP contribution < -0.4 is 5.32 Å². The lowest BCUT2D eigenvalue weighted by atomic mass is 10.0. The Bertz CT molecular complexity index is 855. The van der Waals surface area contributed by atoms with Crippen molar-refractivity contribution >= 4 is 5.91 Å². The number of rotatable bonds is 4. The van der Waals surface area contributed by atoms with Gasteiger partial charge in [0.2, 0.25) is 0 Å². The summed E-state index contributed by atoms with van der Waals surface area (Å²) in [7, 11) is 0. The Hall–Kier alpha value is -2.95. The van der Waals surface area contributed by atoms with Crippen LogP contribution in [0.2, 0.25) is 0 Å². The summed E-state index contributed by atoms with van der Waals surface area (Å²) < 4.78 is 13.0. The lowest BCUT2D eigenvalue weighted by Crippen LogP contribution is -2.26. The van der Waals surface area contributed by atoms with Crippen molar-refractivity contribution in [2.24, 2.45) is 0 Å². The van der Waals surface area contributed by atoms with Gasteiger partial charge in [0.25, 0.3) is 5.91 Å². The molecule has 1 atom stereocenters. The molecule has 0 spiro atoms. The summed E-state index contributed by atoms with van der Waals surface area (Å²) in [6, 6.07) is 13.7. The Morgan fingerprint density at radius 3 is 2.67 bits per heavy atom. The molecule has 4 nitrogen and oxygen atoms in total. The minimum Gasteiger partial charge on any atom is -0.345 e. The van der Waals surface area contributed by atoms with Crippen LogP contribution in [0.25, 0.3) is 11.3 Å². The molecule has 0 bridgehead atoms. The van der Waals surface area contributed by atoms with E-state index in [0.717, 1.165) is 16.7 Å². The van der Waals surface area contributed by atoms with Gasteiger partial charge >= 0.3 is 0 Å². The van der Waals surface area contributed by atoms with Crippen molar-refractivity contribution in [1.29, 1.82) is 0 Å². The molecule has 1 aromatic heterocycles. The molecule has 0 aliphatic carbocycles. The van der Waals surface area contributed by atoms with E-state index in [-0.39, 0.29) is 17.8 Å². The third-order valence-electron chi connectivity index (χ3n) is 3.91. The molecule has 0 saturated carbocycles. The summed E-state index contributed by atoms with van der Waals surface area (Å²) in [4.78, 5) is 12.6. The Balaban J connectivity index is 1.81. The number of nitrogens with zero attached hydrogens (tertiary/aromatic N) is 1. The number of aromatic nitrogens is 2. The van der Waals surface area contributed by atoms with E-state index in [1.165, 1.54) is 18.3 Å². The van der Waals surface area contributed by atoms with Crippen LogP contribution in [0.1, 0.15) is 34.5 Å². The number of halogens is 1. The number of hydrogen-bond acceptors (Lipinski definition) is 2. The molecule has 0 fully saturated rings. The second-order valence-electron chi connectivity index (χ2n) is 5.77. The molecule has 3 aromatic rings. The highest BCUT2D eigenvalue weighted by Gasteiger charge is 2.17. The van der Waals surface area contributed by atoms with Crippen molar-refractivity contribution < 1.29 is 9.18 Å². The van der Waals surface area contributed by atoms with Gasteiger partial charge in [0.15, 0.2) is 0 Å². The van der Waals surface area contributed by atoms with Crippen LogP contribution in [0.3, 0.4) is 0 Å². The summed E-state index contributed by atoms with van der Waals surface area (Å²) in [5.74, 6) is -0.522. The lowest BCUT2D eigenvalue weighted by Gasteiger charge is -2.14. The number of aryl methyl sites for hydroxylation is 1. The lowest BCUT2D eigenvalue weighted by molar-refractivity contribution is 0.0940. The average Bonchev–Trinajstić information content (AvgIpc) is 3.05. The number of aromatic amines is 1. The zero-order valence-electron chi connectivity index (χ0n) is 13.5. The molecule has 0 radical (unpaired) electrons. The number of carbonyl (C=O) groups excluding carboxylic acids is 1. The zero-order valence-corrected chi connectivity index (χ0v) is 13.5. The maximum Gasteiger partial charge on any atom is 0.255 e. The number of hydrogen-bond donors (Lipinski definition) is 2. The molecule has 5 heteroatoms. The van der Waals surface area contributed by atoms with E-state index in [9.17, 15) is 9.18 Å². The Kier molecular flexibility index (Phi) is 4.42. The van der Waals surface area contributed by atoms with Crippen molar-refractivity contribution in [3.63, 3.8) is 0 Å². The second kappa shape index (κ2) is 6.66. The Labute approximate surface area is 139 Å². The molecular weight excluding hydrogens is 305 g/mol. The van der Waals surface area contributed by atoms with Crippen LogP contribution in [0.4, 0.5) is 4.39 Å². The Morgan fingerprint density at radius 2 is 1.96 bits per heavy atom. The molecule has 1 unspecified atom stereocenters. The van der Waals surface area contributed by atoms with Crippen molar-refractivity contribution in [3.05, 3.63) is 77.2 Å². The topological polar surface area (TPSA) is 57.8 Å². The highest BCUT2D eigenvalue weighted by Crippen LogP contribution is 2.23. The van der Waals surface area contributed by atoms with Crippen molar-refractivity contribution in [2.45, 2.75) is 19.9 Å². The first-order valence-electron chi connectivity index (χ1n) is 7.71. The van der Waals surface area contributed by atoms with Gasteiger partial charge in [-0.1, -0.05) is 35.9 Å². The van der Waals surface area contributed by atoms with Gasteiger partial charge in [-0.25, -0.2) is 4.39 Å². The molecule has 0 aliphatic heterocycles. The number of amides is 1. The van der Waals surface area contributed by atoms with E-state index in [2.05, 4.69) is 15.5 Å². The van der Waals surface area contributed by atoms with Gasteiger partial charge in [-0.05, 0) is 37.6 Å². The highest BCUT2D eigenvalue weighted by atomic mass is 19.1. The molecule has 0 aliphatic rings. The molecule has 3 rings (SSSR count). The first-order valence-corrected chi connectivity index (χ1v) is 7.71. The number of carbonyl (C=O) groups is 1. The summed E-state index contributed by atoms with van der Waals surface area (Å²) in [5.41, 5.74) is 4.02. The van der Waals surface area contributed by atoms with Crippen molar-refractivity contribution in [1.82, 2.24) is 15.5 Å². The standard InChI is InChI=1S/C19H18FN3O/c1-12-4-3-5-15(10-12)18-17(11-21-23-18)19(24)22-13(2)14-6-8-16(20)9-7-14/h3-11,13H,1-2H3,(H,21,23)(H,22,24). The van der Waals surface area contributed by atoms with Gasteiger partial charge in [-0.3, -0.25) is 9.89 Å². The van der Waals surface area contributed by atoms with Crippen LogP contribution in [0.15, 0.2) is 54.7 Å². The van der Waals surface area contributed by atoms with E-state index in [4.69, 9.17) is 0 Å². The van der Waals surface area contributed by atoms with E-state index in [1.807, 2.05) is 38.1 Å². The molecule has 0 saturated heterocycles. The van der Waals surface area contributed by atoms with Gasteiger partial charge < -0.3 is 5.32 Å². The number of H-pyrrole nitrogens is 1. The van der Waals surface area contributed by atoms with Gasteiger partial charge in [-0.15, -0.1) is 0 Å². The molecule has 2 N–H and O–H groups in total. The molecular formula is C19H18FN3O. The van der Waals surface area contributed by atoms with Gasteiger partial charge in [0.1, 0.15) is 5.82 Å². The maximum absolute atomic E-state index is 13.0. The quantitative estimate of drug-likeness (QED) is 0.762. The maximum atomic E-state index is 13.0. The minimum absolute atomic E-state index is 0.225. The smallest absolute Gasteiger partial charge is 0.255 e. The third kappa shape index (κ3) is 3.35. The van der Waals surface area contributed by atoms with E-state index in [0.29, 0.717) is 11.3 Å². The molecule has 1 amide bonds. The van der Waals surface area contributed by atoms with Crippen LogP contribution >= 0.6 is 0 Å². The summed E-state index contributed by atoms with van der Waals surface area (Å²) in [6.45, 7) is 3.85. The summed E-state index contributed by atoms with van der Waals surface area (Å²) in [5, 5.41) is 9.82. The first-order chi connectivity index (χ1) is 11.5. The fraction of sp³-hybridized carbons (Fsp3) is 0.158. The zero-order chi connectivity index (χ0) is 17.1. The molecule has 122 valence electrons. The van der Waals surface area contributed by atoms with E-state index in [1.54, 1.807) is 12.1 Å². The van der Waals surface area contributed by atoms with Crippen LogP contribution in [0.5, 0.6) is 0 Å². The predicted molar refractivity (Wildman–Crippen MR) is 91.0 cm³/mol. The number of nitrogens with one attached hydrogen (secondary N) is 2. The van der Waals surface area contributed by atoms with Crippen LogP contribution in [-0.4, -0.2) is 16.1 Å². The summed E-state index contributed by atoms with van der Waals surface area (Å²) in [6.07, 6.45) is 1.52. The van der Waals surface area contributed by atoms with E-state index >= 15 is 0 Å². The largest absolute Gasteiger partial charge is 0.345 e. The van der Waals surface area contributed by atoms with E-state index < -0.39 is 0 Å². The fourth-order valence-electron chi connectivity index (χ4n) is 2.59. The number of benzene rings is 2. The second-order valence-corrected chi connectivity index (χ2v) is 5.77. The monoisotopic (exact) mass is 323 g/mol. The Morgan fingerprint density at radius 1 is 1.21 bits per heavy atom.